The maximum Gasteiger partial charge on any atom is 0.407 e. The minimum Gasteiger partial charge on any atom is -0.504 e. The van der Waals surface area contributed by atoms with E-state index >= 15 is 0 Å². The van der Waals surface area contributed by atoms with Crippen molar-refractivity contribution in [3.05, 3.63) is 17.7 Å². The largest absolute Gasteiger partial charge is 0.504 e. The van der Waals surface area contributed by atoms with E-state index in [1.54, 1.807) is 0 Å². The van der Waals surface area contributed by atoms with Gasteiger partial charge in [-0.1, -0.05) is 0 Å². The van der Waals surface area contributed by atoms with E-state index in [1.807, 2.05) is 0 Å². The Balaban J connectivity index is 2.37. The van der Waals surface area contributed by atoms with Crippen molar-refractivity contribution in [3.8, 4) is 17.2 Å². The molecule has 0 aromatic heterocycles. The molecule has 6 heteroatoms. The van der Waals surface area contributed by atoms with Crippen LogP contribution in [-0.2, 0) is 4.74 Å². The molecule has 0 radical (unpaired) electrons. The van der Waals surface area contributed by atoms with Gasteiger partial charge in [0.2, 0.25) is 5.75 Å². The minimum atomic E-state index is -0.603. The van der Waals surface area contributed by atoms with E-state index in [2.05, 4.69) is 10.1 Å². The van der Waals surface area contributed by atoms with Crippen molar-refractivity contribution in [1.82, 2.24) is 5.32 Å². The molecule has 1 aliphatic heterocycles. The molecule has 1 aromatic rings. The highest BCUT2D eigenvalue weighted by atomic mass is 16.6. The number of amides is 1. The number of ether oxygens (including phenoxy) is 1. The third-order valence-electron chi connectivity index (χ3n) is 2.21. The van der Waals surface area contributed by atoms with E-state index < -0.39 is 29.4 Å². The van der Waals surface area contributed by atoms with Crippen molar-refractivity contribution in [2.75, 3.05) is 6.61 Å². The quantitative estimate of drug-likeness (QED) is 0.509. The second kappa shape index (κ2) is 3.23. The molecule has 1 saturated heterocycles. The third kappa shape index (κ3) is 1.50. The van der Waals surface area contributed by atoms with Crippen molar-refractivity contribution in [2.45, 2.75) is 6.04 Å². The number of hydrogen-bond acceptors (Lipinski definition) is 5. The summed E-state index contributed by atoms with van der Waals surface area (Å²) in [5, 5.41) is 30.3. The van der Waals surface area contributed by atoms with Crippen LogP contribution in [0.3, 0.4) is 0 Å². The molecule has 1 heterocycles. The minimum absolute atomic E-state index is 0.0800. The predicted octanol–water partition coefficient (Wildman–Crippen LogP) is 0.584. The first-order valence-corrected chi connectivity index (χ1v) is 4.26. The van der Waals surface area contributed by atoms with Crippen LogP contribution in [0.15, 0.2) is 12.1 Å². The van der Waals surface area contributed by atoms with Crippen LogP contribution in [0.1, 0.15) is 11.6 Å². The lowest BCUT2D eigenvalue weighted by Crippen LogP contribution is -2.18. The molecule has 80 valence electrons. The average molecular weight is 211 g/mol. The highest BCUT2D eigenvalue weighted by Gasteiger charge is 2.27. The van der Waals surface area contributed by atoms with Crippen LogP contribution in [0.25, 0.3) is 0 Å². The Morgan fingerprint density at radius 2 is 2.00 bits per heavy atom. The van der Waals surface area contributed by atoms with E-state index in [9.17, 15) is 15.0 Å². The zero-order valence-electron chi connectivity index (χ0n) is 7.60. The lowest BCUT2D eigenvalue weighted by Gasteiger charge is -2.11. The van der Waals surface area contributed by atoms with Gasteiger partial charge >= 0.3 is 6.09 Å². The van der Waals surface area contributed by atoms with Gasteiger partial charge < -0.3 is 25.4 Å². The van der Waals surface area contributed by atoms with Gasteiger partial charge in [-0.25, -0.2) is 4.79 Å². The average Bonchev–Trinajstić information content (AvgIpc) is 2.61. The van der Waals surface area contributed by atoms with E-state index in [4.69, 9.17) is 5.11 Å². The summed E-state index contributed by atoms with van der Waals surface area (Å²) in [6, 6.07) is 2.13. The topological polar surface area (TPSA) is 99.0 Å². The van der Waals surface area contributed by atoms with Crippen LogP contribution in [0.2, 0.25) is 0 Å². The summed E-state index contributed by atoms with van der Waals surface area (Å²) in [6.07, 6.45) is -0.577. The van der Waals surface area contributed by atoms with E-state index in [-0.39, 0.29) is 6.61 Å². The SMILES string of the molecule is O=C1N[C@@H](c2ccc(O)c(O)c2O)CO1. The number of carbonyl (C=O) groups excluding carboxylic acids is 1. The number of cyclic esters (lactones) is 1. The summed E-state index contributed by atoms with van der Waals surface area (Å²) >= 11 is 0. The second-order valence-corrected chi connectivity index (χ2v) is 3.17. The molecule has 6 nitrogen and oxygen atoms in total. The number of aromatic hydroxyl groups is 3. The van der Waals surface area contributed by atoms with Gasteiger partial charge in [0.25, 0.3) is 0 Å². The summed E-state index contributed by atoms with van der Waals surface area (Å²) in [5.41, 5.74) is 0.302. The monoisotopic (exact) mass is 211 g/mol. The Morgan fingerprint density at radius 1 is 1.27 bits per heavy atom. The second-order valence-electron chi connectivity index (χ2n) is 3.17. The van der Waals surface area contributed by atoms with Crippen LogP contribution in [0.4, 0.5) is 4.79 Å². The lowest BCUT2D eigenvalue weighted by atomic mass is 10.1. The lowest BCUT2D eigenvalue weighted by molar-refractivity contribution is 0.176. The van der Waals surface area contributed by atoms with Crippen molar-refractivity contribution in [3.63, 3.8) is 0 Å². The van der Waals surface area contributed by atoms with Gasteiger partial charge in [0.15, 0.2) is 11.5 Å². The first-order chi connectivity index (χ1) is 7.09. The molecule has 0 bridgehead atoms. The fraction of sp³-hybridized carbons (Fsp3) is 0.222. The predicted molar refractivity (Wildman–Crippen MR) is 48.7 cm³/mol. The molecule has 1 aromatic carbocycles. The third-order valence-corrected chi connectivity index (χ3v) is 2.21. The van der Waals surface area contributed by atoms with Gasteiger partial charge in [-0.3, -0.25) is 0 Å². The Hall–Kier alpha value is -2.11. The van der Waals surface area contributed by atoms with Gasteiger partial charge in [-0.2, -0.15) is 0 Å². The molecule has 4 N–H and O–H groups in total. The van der Waals surface area contributed by atoms with Gasteiger partial charge in [0.1, 0.15) is 6.61 Å². The molecule has 0 saturated carbocycles. The van der Waals surface area contributed by atoms with E-state index in [0.29, 0.717) is 5.56 Å². The van der Waals surface area contributed by atoms with Gasteiger partial charge in [0, 0.05) is 5.56 Å². The standard InChI is InChI=1S/C9H9NO5/c11-6-2-1-4(7(12)8(6)13)5-3-15-9(14)10-5/h1-2,5,11-13H,3H2,(H,10,14)/t5-/m1/s1. The van der Waals surface area contributed by atoms with Crippen molar-refractivity contribution < 1.29 is 24.9 Å². The normalized spacial score (nSPS) is 19.7. The van der Waals surface area contributed by atoms with Crippen molar-refractivity contribution >= 4 is 6.09 Å². The molecule has 1 aliphatic rings. The number of rotatable bonds is 1. The number of benzene rings is 1. The number of phenolic OH excluding ortho intramolecular Hbond substituents is 3. The summed E-state index contributed by atoms with van der Waals surface area (Å²) in [5.74, 6) is -1.47. The molecule has 0 unspecified atom stereocenters. The fourth-order valence-corrected chi connectivity index (χ4v) is 1.42. The molecule has 15 heavy (non-hydrogen) atoms. The number of phenols is 3. The van der Waals surface area contributed by atoms with Gasteiger partial charge in [-0.05, 0) is 12.1 Å². The van der Waals surface area contributed by atoms with Crippen molar-refractivity contribution in [2.24, 2.45) is 0 Å². The summed E-state index contributed by atoms with van der Waals surface area (Å²) in [6.45, 7) is 0.0800. The van der Waals surface area contributed by atoms with Crippen LogP contribution >= 0.6 is 0 Å². The molecule has 2 rings (SSSR count). The smallest absolute Gasteiger partial charge is 0.407 e. The Kier molecular flexibility index (Phi) is 2.03. The molecule has 1 amide bonds. The molecule has 1 fully saturated rings. The Morgan fingerprint density at radius 3 is 2.60 bits per heavy atom. The fourth-order valence-electron chi connectivity index (χ4n) is 1.42. The van der Waals surface area contributed by atoms with E-state index in [0.717, 1.165) is 0 Å². The first kappa shape index (κ1) is 9.45. The molecule has 1 atom stereocenters. The molecule has 0 aliphatic carbocycles. The molecular formula is C9H9NO5. The zero-order chi connectivity index (χ0) is 11.0. The maximum absolute atomic E-state index is 10.8. The molecule has 0 spiro atoms. The maximum atomic E-state index is 10.8. The van der Waals surface area contributed by atoms with E-state index in [1.165, 1.54) is 12.1 Å². The summed E-state index contributed by atoms with van der Waals surface area (Å²) < 4.78 is 4.64. The Labute approximate surface area is 84.7 Å². The summed E-state index contributed by atoms with van der Waals surface area (Å²) in [7, 11) is 0. The number of alkyl carbamates (subject to hydrolysis) is 1. The zero-order valence-corrected chi connectivity index (χ0v) is 7.60. The van der Waals surface area contributed by atoms with Crippen LogP contribution < -0.4 is 5.32 Å². The summed E-state index contributed by atoms with van der Waals surface area (Å²) in [4.78, 5) is 10.8. The van der Waals surface area contributed by atoms with Gasteiger partial charge in [0.05, 0.1) is 6.04 Å². The Bertz CT molecular complexity index is 417. The molecular weight excluding hydrogens is 202 g/mol. The van der Waals surface area contributed by atoms with Crippen LogP contribution in [0, 0.1) is 0 Å². The highest BCUT2D eigenvalue weighted by molar-refractivity contribution is 5.70. The van der Waals surface area contributed by atoms with Crippen LogP contribution in [0.5, 0.6) is 17.2 Å². The highest BCUT2D eigenvalue weighted by Crippen LogP contribution is 2.40. The van der Waals surface area contributed by atoms with Gasteiger partial charge in [-0.15, -0.1) is 0 Å². The number of hydrogen-bond donors (Lipinski definition) is 4. The number of nitrogens with one attached hydrogen (secondary N) is 1. The van der Waals surface area contributed by atoms with Crippen LogP contribution in [-0.4, -0.2) is 28.0 Å². The first-order valence-electron chi connectivity index (χ1n) is 4.26. The number of carbonyl (C=O) groups is 1. The van der Waals surface area contributed by atoms with Crippen molar-refractivity contribution in [1.29, 1.82) is 0 Å².